The minimum absolute atomic E-state index is 0.523. The van der Waals surface area contributed by atoms with E-state index in [0.717, 1.165) is 29.9 Å². The van der Waals surface area contributed by atoms with Crippen LogP contribution in [0.1, 0.15) is 16.7 Å². The van der Waals surface area contributed by atoms with Crippen molar-refractivity contribution in [2.75, 3.05) is 14.2 Å². The fourth-order valence-electron chi connectivity index (χ4n) is 3.14. The molecule has 0 bridgehead atoms. The van der Waals surface area contributed by atoms with Crippen molar-refractivity contribution in [3.8, 4) is 11.5 Å². The van der Waals surface area contributed by atoms with Crippen LogP contribution < -0.4 is 9.47 Å². The molecule has 0 N–H and O–H groups in total. The van der Waals surface area contributed by atoms with Crippen LogP contribution in [-0.2, 0) is 17.7 Å². The fourth-order valence-corrected chi connectivity index (χ4v) is 3.57. The number of benzene rings is 3. The molecule has 134 valence electrons. The van der Waals surface area contributed by atoms with E-state index in [2.05, 4.69) is 36.4 Å². The van der Waals surface area contributed by atoms with Crippen molar-refractivity contribution in [2.45, 2.75) is 17.7 Å². The van der Waals surface area contributed by atoms with Gasteiger partial charge in [-0.2, -0.15) is 0 Å². The second-order valence-electron chi connectivity index (χ2n) is 6.38. The van der Waals surface area contributed by atoms with Gasteiger partial charge in [-0.3, -0.25) is 0 Å². The maximum absolute atomic E-state index is 7.22. The van der Waals surface area contributed by atoms with Gasteiger partial charge in [0.2, 0.25) is 0 Å². The van der Waals surface area contributed by atoms with Crippen LogP contribution in [0, 0.1) is 0 Å². The summed E-state index contributed by atoms with van der Waals surface area (Å²) in [5, 5.41) is 0. The van der Waals surface area contributed by atoms with E-state index >= 15 is 0 Å². The molecule has 0 amide bonds. The number of hydrogen-bond donors (Lipinski definition) is 0. The minimum atomic E-state index is -0.523. The van der Waals surface area contributed by atoms with Crippen molar-refractivity contribution in [1.82, 2.24) is 0 Å². The number of hydrogen-bond acceptors (Lipinski definition) is 2. The van der Waals surface area contributed by atoms with Gasteiger partial charge in [0.25, 0.3) is 0 Å². The summed E-state index contributed by atoms with van der Waals surface area (Å²) in [4.78, 5) is -0.523. The summed E-state index contributed by atoms with van der Waals surface area (Å²) in [6, 6.07) is 26.5. The molecule has 0 aliphatic carbocycles. The maximum atomic E-state index is 7.22. The minimum Gasteiger partial charge on any atom is -0.497 e. The lowest BCUT2D eigenvalue weighted by Gasteiger charge is -2.28. The predicted molar refractivity (Wildman–Crippen MR) is 107 cm³/mol. The molecule has 0 spiro atoms. The van der Waals surface area contributed by atoms with Gasteiger partial charge in [-0.05, 0) is 53.8 Å². The smallest absolute Gasteiger partial charge is 0.118 e. The molecular formula is C23H23ClO2. The van der Waals surface area contributed by atoms with Gasteiger partial charge in [-0.1, -0.05) is 54.6 Å². The Morgan fingerprint density at radius 1 is 0.654 bits per heavy atom. The first-order chi connectivity index (χ1) is 12.6. The average Bonchev–Trinajstić information content (AvgIpc) is 2.70. The van der Waals surface area contributed by atoms with Gasteiger partial charge < -0.3 is 9.47 Å². The molecule has 0 saturated carbocycles. The summed E-state index contributed by atoms with van der Waals surface area (Å²) in [6.07, 6.45) is 1.46. The molecule has 0 fully saturated rings. The van der Waals surface area contributed by atoms with Gasteiger partial charge in [0.1, 0.15) is 11.5 Å². The van der Waals surface area contributed by atoms with E-state index in [1.165, 1.54) is 11.1 Å². The highest BCUT2D eigenvalue weighted by Gasteiger charge is 2.30. The molecule has 2 nitrogen and oxygen atoms in total. The first kappa shape index (κ1) is 18.3. The van der Waals surface area contributed by atoms with E-state index in [0.29, 0.717) is 0 Å². The van der Waals surface area contributed by atoms with Crippen molar-refractivity contribution < 1.29 is 9.47 Å². The zero-order valence-corrected chi connectivity index (χ0v) is 15.9. The highest BCUT2D eigenvalue weighted by atomic mass is 35.5. The normalized spacial score (nSPS) is 11.2. The van der Waals surface area contributed by atoms with Crippen LogP contribution in [0.15, 0.2) is 78.9 Å². The molecule has 3 aromatic rings. The SMILES string of the molecule is COc1ccc(CC(Cl)(Cc2ccc(OC)cc2)c2ccccc2)cc1. The van der Waals surface area contributed by atoms with Gasteiger partial charge in [-0.15, -0.1) is 11.6 Å². The molecule has 26 heavy (non-hydrogen) atoms. The Labute approximate surface area is 160 Å². The van der Waals surface area contributed by atoms with Crippen LogP contribution in [-0.4, -0.2) is 14.2 Å². The zero-order valence-electron chi connectivity index (χ0n) is 15.1. The Bertz CT molecular complexity index is 762. The first-order valence-electron chi connectivity index (χ1n) is 8.63. The van der Waals surface area contributed by atoms with E-state index in [9.17, 15) is 0 Å². The summed E-state index contributed by atoms with van der Waals surface area (Å²) >= 11 is 7.22. The van der Waals surface area contributed by atoms with Crippen molar-refractivity contribution in [2.24, 2.45) is 0 Å². The Morgan fingerprint density at radius 2 is 1.08 bits per heavy atom. The lowest BCUT2D eigenvalue weighted by atomic mass is 9.85. The summed E-state index contributed by atoms with van der Waals surface area (Å²) in [5.41, 5.74) is 3.48. The van der Waals surface area contributed by atoms with E-state index in [1.807, 2.05) is 42.5 Å². The second kappa shape index (κ2) is 8.29. The predicted octanol–water partition coefficient (Wildman–Crippen LogP) is 5.62. The third-order valence-electron chi connectivity index (χ3n) is 4.58. The average molecular weight is 367 g/mol. The first-order valence-corrected chi connectivity index (χ1v) is 9.01. The molecule has 0 heterocycles. The zero-order chi connectivity index (χ0) is 18.4. The molecule has 0 unspecified atom stereocenters. The number of halogens is 1. The Hall–Kier alpha value is -2.45. The molecule has 0 aliphatic rings. The number of rotatable bonds is 7. The molecule has 0 radical (unpaired) electrons. The molecule has 0 aromatic heterocycles. The van der Waals surface area contributed by atoms with Crippen LogP contribution in [0.25, 0.3) is 0 Å². The van der Waals surface area contributed by atoms with Crippen LogP contribution in [0.3, 0.4) is 0 Å². The van der Waals surface area contributed by atoms with Crippen LogP contribution in [0.4, 0.5) is 0 Å². The van der Waals surface area contributed by atoms with Gasteiger partial charge >= 0.3 is 0 Å². The van der Waals surface area contributed by atoms with Crippen molar-refractivity contribution in [3.05, 3.63) is 95.6 Å². The summed E-state index contributed by atoms with van der Waals surface area (Å²) < 4.78 is 10.5. The van der Waals surface area contributed by atoms with Gasteiger partial charge in [0, 0.05) is 0 Å². The molecule has 3 aromatic carbocycles. The van der Waals surface area contributed by atoms with E-state index < -0.39 is 4.87 Å². The third-order valence-corrected chi connectivity index (χ3v) is 5.06. The van der Waals surface area contributed by atoms with Crippen LogP contribution in [0.2, 0.25) is 0 Å². The Kier molecular flexibility index (Phi) is 5.85. The lowest BCUT2D eigenvalue weighted by Crippen LogP contribution is -2.25. The number of alkyl halides is 1. The van der Waals surface area contributed by atoms with Crippen LogP contribution in [0.5, 0.6) is 11.5 Å². The van der Waals surface area contributed by atoms with E-state index in [1.54, 1.807) is 14.2 Å². The molecule has 0 aliphatic heterocycles. The monoisotopic (exact) mass is 366 g/mol. The van der Waals surface area contributed by atoms with E-state index in [-0.39, 0.29) is 0 Å². The lowest BCUT2D eigenvalue weighted by molar-refractivity contribution is 0.414. The quantitative estimate of drug-likeness (QED) is 0.505. The highest BCUT2D eigenvalue weighted by Crippen LogP contribution is 2.37. The third kappa shape index (κ3) is 4.39. The van der Waals surface area contributed by atoms with Crippen LogP contribution >= 0.6 is 11.6 Å². The van der Waals surface area contributed by atoms with Crippen molar-refractivity contribution >= 4 is 11.6 Å². The summed E-state index contributed by atoms with van der Waals surface area (Å²) in [6.45, 7) is 0. The van der Waals surface area contributed by atoms with Gasteiger partial charge in [0.05, 0.1) is 19.1 Å². The Morgan fingerprint density at radius 3 is 1.46 bits per heavy atom. The van der Waals surface area contributed by atoms with Crippen molar-refractivity contribution in [3.63, 3.8) is 0 Å². The highest BCUT2D eigenvalue weighted by molar-refractivity contribution is 6.24. The molecule has 3 heteroatoms. The second-order valence-corrected chi connectivity index (χ2v) is 7.10. The fraction of sp³-hybridized carbons (Fsp3) is 0.217. The molecule has 0 atom stereocenters. The van der Waals surface area contributed by atoms with Gasteiger partial charge in [-0.25, -0.2) is 0 Å². The molecular weight excluding hydrogens is 344 g/mol. The standard InChI is InChI=1S/C23H23ClO2/c1-25-21-12-8-18(9-13-21)16-23(24,20-6-4-3-5-7-20)17-19-10-14-22(26-2)15-11-19/h3-15H,16-17H2,1-2H3. The number of ether oxygens (including phenoxy) is 2. The molecule has 3 rings (SSSR count). The number of methoxy groups -OCH3 is 2. The molecule has 0 saturated heterocycles. The van der Waals surface area contributed by atoms with Crippen molar-refractivity contribution in [1.29, 1.82) is 0 Å². The largest absolute Gasteiger partial charge is 0.497 e. The maximum Gasteiger partial charge on any atom is 0.118 e. The summed E-state index contributed by atoms with van der Waals surface area (Å²) in [7, 11) is 3.35. The van der Waals surface area contributed by atoms with Gasteiger partial charge in [0.15, 0.2) is 0 Å². The Balaban J connectivity index is 1.90. The topological polar surface area (TPSA) is 18.5 Å². The van der Waals surface area contributed by atoms with E-state index in [4.69, 9.17) is 21.1 Å². The summed E-state index contributed by atoms with van der Waals surface area (Å²) in [5.74, 6) is 1.70.